The second kappa shape index (κ2) is 6.31. The van der Waals surface area contributed by atoms with Gasteiger partial charge in [-0.25, -0.2) is 0 Å². The van der Waals surface area contributed by atoms with Crippen LogP contribution >= 0.6 is 0 Å². The molecule has 120 valence electrons. The van der Waals surface area contributed by atoms with E-state index in [0.29, 0.717) is 17.2 Å². The monoisotopic (exact) mass is 313 g/mol. The lowest BCUT2D eigenvalue weighted by Gasteiger charge is -2.19. The number of carbonyl (C=O) groups excluding carboxylic acids is 1. The Balaban J connectivity index is 1.87. The Bertz CT molecular complexity index is 734. The lowest BCUT2D eigenvalue weighted by Crippen LogP contribution is -2.41. The first-order chi connectivity index (χ1) is 11.1. The van der Waals surface area contributed by atoms with Crippen molar-refractivity contribution in [3.8, 4) is 12.0 Å². The highest BCUT2D eigenvalue weighted by Gasteiger charge is 2.28. The highest BCUT2D eigenvalue weighted by atomic mass is 16.5. The van der Waals surface area contributed by atoms with Crippen LogP contribution in [0.5, 0.6) is 0 Å². The van der Waals surface area contributed by atoms with Crippen molar-refractivity contribution in [2.24, 2.45) is 0 Å². The van der Waals surface area contributed by atoms with E-state index in [1.54, 1.807) is 23.9 Å². The number of aromatic nitrogens is 1. The van der Waals surface area contributed by atoms with Gasteiger partial charge in [0.15, 0.2) is 0 Å². The predicted octanol–water partition coefficient (Wildman–Crippen LogP) is 2.55. The van der Waals surface area contributed by atoms with E-state index in [1.165, 1.54) is 0 Å². The molecule has 0 unspecified atom stereocenters. The lowest BCUT2D eigenvalue weighted by molar-refractivity contribution is 0.0711. The third-order valence-electron chi connectivity index (χ3n) is 4.12. The lowest BCUT2D eigenvalue weighted by atomic mass is 10.1. The Morgan fingerprint density at radius 1 is 1.48 bits per heavy atom. The van der Waals surface area contributed by atoms with Gasteiger partial charge in [-0.15, -0.1) is 0 Å². The molecule has 0 aliphatic carbocycles. The van der Waals surface area contributed by atoms with E-state index >= 15 is 0 Å². The van der Waals surface area contributed by atoms with Gasteiger partial charge in [-0.2, -0.15) is 5.26 Å². The molecule has 1 N–H and O–H groups in total. The SMILES string of the molecule is Cc1oc(-n2cccc2)c(C#N)c1C(=O)N[C@@H](C)[C@H]1CCCO1. The van der Waals surface area contributed by atoms with Gasteiger partial charge < -0.3 is 14.5 Å². The van der Waals surface area contributed by atoms with Crippen molar-refractivity contribution in [2.75, 3.05) is 6.61 Å². The third-order valence-corrected chi connectivity index (χ3v) is 4.12. The van der Waals surface area contributed by atoms with Crippen LogP contribution in [0.25, 0.3) is 5.88 Å². The van der Waals surface area contributed by atoms with Crippen LogP contribution < -0.4 is 5.32 Å². The molecule has 0 aromatic carbocycles. The van der Waals surface area contributed by atoms with Gasteiger partial charge in [-0.3, -0.25) is 9.36 Å². The first-order valence-corrected chi connectivity index (χ1v) is 7.71. The molecule has 1 aliphatic heterocycles. The van der Waals surface area contributed by atoms with Crippen LogP contribution in [0.2, 0.25) is 0 Å². The molecule has 3 rings (SSSR count). The first-order valence-electron chi connectivity index (χ1n) is 7.71. The van der Waals surface area contributed by atoms with Gasteiger partial charge in [-0.1, -0.05) is 0 Å². The van der Waals surface area contributed by atoms with Crippen molar-refractivity contribution in [2.45, 2.75) is 38.8 Å². The average molecular weight is 313 g/mol. The van der Waals surface area contributed by atoms with Crippen molar-refractivity contribution in [3.05, 3.63) is 41.4 Å². The zero-order valence-corrected chi connectivity index (χ0v) is 13.2. The van der Waals surface area contributed by atoms with Gasteiger partial charge in [0.05, 0.1) is 12.1 Å². The van der Waals surface area contributed by atoms with E-state index in [-0.39, 0.29) is 23.6 Å². The highest BCUT2D eigenvalue weighted by Crippen LogP contribution is 2.26. The molecule has 0 radical (unpaired) electrons. The minimum Gasteiger partial charge on any atom is -0.443 e. The normalized spacial score (nSPS) is 18.6. The summed E-state index contributed by atoms with van der Waals surface area (Å²) in [7, 11) is 0. The fourth-order valence-electron chi connectivity index (χ4n) is 2.93. The molecule has 2 aromatic rings. The fourth-order valence-corrected chi connectivity index (χ4v) is 2.93. The largest absolute Gasteiger partial charge is 0.443 e. The van der Waals surface area contributed by atoms with Crippen LogP contribution in [0.15, 0.2) is 28.9 Å². The van der Waals surface area contributed by atoms with Crippen LogP contribution in [0, 0.1) is 18.3 Å². The molecule has 1 saturated heterocycles. The van der Waals surface area contributed by atoms with Gasteiger partial charge in [-0.05, 0) is 38.8 Å². The average Bonchev–Trinajstić information content (AvgIpc) is 3.27. The number of nitriles is 1. The van der Waals surface area contributed by atoms with Gasteiger partial charge >= 0.3 is 0 Å². The summed E-state index contributed by atoms with van der Waals surface area (Å²) >= 11 is 0. The second-order valence-corrected chi connectivity index (χ2v) is 5.73. The molecule has 23 heavy (non-hydrogen) atoms. The van der Waals surface area contributed by atoms with Crippen LogP contribution in [-0.2, 0) is 4.74 Å². The fraction of sp³-hybridized carbons (Fsp3) is 0.412. The van der Waals surface area contributed by atoms with Crippen molar-refractivity contribution >= 4 is 5.91 Å². The van der Waals surface area contributed by atoms with E-state index in [9.17, 15) is 10.1 Å². The number of rotatable bonds is 4. The number of nitrogens with one attached hydrogen (secondary N) is 1. The molecule has 2 aromatic heterocycles. The maximum absolute atomic E-state index is 12.6. The standard InChI is InChI=1S/C17H19N3O3/c1-11(14-6-5-9-22-14)19-16(21)15-12(2)23-17(13(15)10-18)20-7-3-4-8-20/h3-4,7-8,11,14H,5-6,9H2,1-2H3,(H,19,21)/t11-,14+/m0/s1. The Labute approximate surface area is 134 Å². The summed E-state index contributed by atoms with van der Waals surface area (Å²) in [5, 5.41) is 12.4. The number of aryl methyl sites for hydroxylation is 1. The molecular weight excluding hydrogens is 294 g/mol. The Hall–Kier alpha value is -2.52. The summed E-state index contributed by atoms with van der Waals surface area (Å²) < 4.78 is 12.9. The van der Waals surface area contributed by atoms with Gasteiger partial charge in [0.25, 0.3) is 5.91 Å². The number of carbonyl (C=O) groups is 1. The van der Waals surface area contributed by atoms with Gasteiger partial charge in [0.2, 0.25) is 5.88 Å². The molecule has 6 nitrogen and oxygen atoms in total. The summed E-state index contributed by atoms with van der Waals surface area (Å²) in [6.45, 7) is 4.35. The number of ether oxygens (including phenoxy) is 1. The zero-order chi connectivity index (χ0) is 16.4. The molecular formula is C17H19N3O3. The van der Waals surface area contributed by atoms with Crippen LogP contribution in [0.3, 0.4) is 0 Å². The molecule has 0 spiro atoms. The number of amides is 1. The summed E-state index contributed by atoms with van der Waals surface area (Å²) in [5.74, 6) is 0.497. The molecule has 1 amide bonds. The van der Waals surface area contributed by atoms with Crippen molar-refractivity contribution in [1.82, 2.24) is 9.88 Å². The van der Waals surface area contributed by atoms with E-state index in [2.05, 4.69) is 11.4 Å². The smallest absolute Gasteiger partial charge is 0.256 e. The molecule has 2 atom stereocenters. The van der Waals surface area contributed by atoms with E-state index < -0.39 is 0 Å². The Kier molecular flexibility index (Phi) is 4.22. The highest BCUT2D eigenvalue weighted by molar-refractivity contribution is 5.98. The molecule has 6 heteroatoms. The minimum atomic E-state index is -0.302. The maximum atomic E-state index is 12.6. The van der Waals surface area contributed by atoms with Crippen LogP contribution in [0.1, 0.15) is 41.4 Å². The van der Waals surface area contributed by atoms with Crippen LogP contribution in [-0.4, -0.2) is 29.2 Å². The van der Waals surface area contributed by atoms with Crippen LogP contribution in [0.4, 0.5) is 0 Å². The molecule has 1 aliphatic rings. The van der Waals surface area contributed by atoms with Crippen molar-refractivity contribution in [1.29, 1.82) is 5.26 Å². The summed E-state index contributed by atoms with van der Waals surface area (Å²) in [5.41, 5.74) is 0.539. The van der Waals surface area contributed by atoms with E-state index in [4.69, 9.17) is 9.15 Å². The minimum absolute atomic E-state index is 0.0283. The number of nitrogens with zero attached hydrogens (tertiary/aromatic N) is 2. The molecule has 3 heterocycles. The summed E-state index contributed by atoms with van der Waals surface area (Å²) in [4.78, 5) is 12.6. The van der Waals surface area contributed by atoms with E-state index in [1.807, 2.05) is 19.1 Å². The third kappa shape index (κ3) is 2.88. The zero-order valence-electron chi connectivity index (χ0n) is 13.2. The second-order valence-electron chi connectivity index (χ2n) is 5.73. The molecule has 1 fully saturated rings. The maximum Gasteiger partial charge on any atom is 0.256 e. The topological polar surface area (TPSA) is 80.2 Å². The van der Waals surface area contributed by atoms with Crippen molar-refractivity contribution < 1.29 is 13.9 Å². The number of hydrogen-bond donors (Lipinski definition) is 1. The summed E-state index contributed by atoms with van der Waals surface area (Å²) in [6.07, 6.45) is 5.52. The number of hydrogen-bond acceptors (Lipinski definition) is 4. The predicted molar refractivity (Wildman–Crippen MR) is 83.4 cm³/mol. The van der Waals surface area contributed by atoms with E-state index in [0.717, 1.165) is 19.4 Å². The van der Waals surface area contributed by atoms with Gasteiger partial charge in [0.1, 0.15) is 23.0 Å². The Morgan fingerprint density at radius 2 is 2.22 bits per heavy atom. The quantitative estimate of drug-likeness (QED) is 0.940. The summed E-state index contributed by atoms with van der Waals surface area (Å²) in [6, 6.07) is 5.64. The van der Waals surface area contributed by atoms with Crippen molar-refractivity contribution in [3.63, 3.8) is 0 Å². The molecule has 0 saturated carbocycles. The van der Waals surface area contributed by atoms with Gasteiger partial charge in [0, 0.05) is 19.0 Å². The number of furan rings is 1. The first kappa shape index (κ1) is 15.4. The molecule has 0 bridgehead atoms. The Morgan fingerprint density at radius 3 is 2.83 bits per heavy atom.